The fourth-order valence-corrected chi connectivity index (χ4v) is 3.43. The van der Waals surface area contributed by atoms with E-state index in [0.717, 1.165) is 22.5 Å². The molecule has 2 aromatic carbocycles. The molecule has 7 nitrogen and oxygen atoms in total. The minimum Gasteiger partial charge on any atom is -0.484 e. The van der Waals surface area contributed by atoms with Gasteiger partial charge in [-0.2, -0.15) is 0 Å². The maximum atomic E-state index is 12.3. The third-order valence-electron chi connectivity index (χ3n) is 5.24. The molecule has 1 amide bonds. The van der Waals surface area contributed by atoms with Crippen molar-refractivity contribution < 1.29 is 19.1 Å². The molecular weight excluding hydrogens is 418 g/mol. The van der Waals surface area contributed by atoms with Gasteiger partial charge in [-0.05, 0) is 47.5 Å². The molecule has 0 aliphatic carbocycles. The molecular formula is C26H27N3O4. The van der Waals surface area contributed by atoms with Crippen molar-refractivity contribution in [3.05, 3.63) is 95.8 Å². The average molecular weight is 446 g/mol. The lowest BCUT2D eigenvalue weighted by Crippen LogP contribution is -2.42. The molecule has 1 aliphatic heterocycles. The van der Waals surface area contributed by atoms with E-state index in [9.17, 15) is 4.79 Å². The zero-order chi connectivity index (χ0) is 22.7. The molecule has 0 bridgehead atoms. The fraction of sp³-hybridized carbons (Fsp3) is 0.269. The normalized spacial score (nSPS) is 14.1. The van der Waals surface area contributed by atoms with Crippen LogP contribution >= 0.6 is 0 Å². The minimum atomic E-state index is -0.0309. The highest BCUT2D eigenvalue weighted by atomic mass is 16.6. The second kappa shape index (κ2) is 11.8. The van der Waals surface area contributed by atoms with Crippen LogP contribution in [0.15, 0.2) is 84.1 Å². The van der Waals surface area contributed by atoms with Gasteiger partial charge >= 0.3 is 0 Å². The van der Waals surface area contributed by atoms with Crippen molar-refractivity contribution in [1.82, 2.24) is 9.88 Å². The Bertz CT molecular complexity index is 1030. The highest BCUT2D eigenvalue weighted by Gasteiger charge is 2.17. The average Bonchev–Trinajstić information content (AvgIpc) is 2.89. The van der Waals surface area contributed by atoms with Crippen LogP contribution in [0.25, 0.3) is 0 Å². The molecule has 2 heterocycles. The molecule has 0 atom stereocenters. The van der Waals surface area contributed by atoms with Gasteiger partial charge in [0.2, 0.25) is 0 Å². The SMILES string of the molecule is O=C(COc1ccc(C(Cc2ccccc2)=NOCc2ccccn2)cc1)N1CCOCC1. The van der Waals surface area contributed by atoms with Gasteiger partial charge in [0, 0.05) is 25.7 Å². The van der Waals surface area contributed by atoms with Gasteiger partial charge in [-0.3, -0.25) is 9.78 Å². The van der Waals surface area contributed by atoms with Crippen LogP contribution in [0.1, 0.15) is 16.8 Å². The van der Waals surface area contributed by atoms with Crippen molar-refractivity contribution in [2.24, 2.45) is 5.16 Å². The number of hydrogen-bond acceptors (Lipinski definition) is 6. The van der Waals surface area contributed by atoms with E-state index in [0.29, 0.717) is 45.1 Å². The summed E-state index contributed by atoms with van der Waals surface area (Å²) in [5.41, 5.74) is 3.67. The Balaban J connectivity index is 1.40. The fourth-order valence-electron chi connectivity index (χ4n) is 3.43. The third kappa shape index (κ3) is 6.89. The number of rotatable bonds is 9. The Morgan fingerprint density at radius 1 is 0.970 bits per heavy atom. The monoisotopic (exact) mass is 445 g/mol. The van der Waals surface area contributed by atoms with E-state index in [-0.39, 0.29) is 12.5 Å². The Morgan fingerprint density at radius 3 is 2.45 bits per heavy atom. The number of morpholine rings is 1. The topological polar surface area (TPSA) is 73.2 Å². The van der Waals surface area contributed by atoms with E-state index in [2.05, 4.69) is 22.3 Å². The first-order chi connectivity index (χ1) is 16.3. The number of pyridine rings is 1. The van der Waals surface area contributed by atoms with E-state index in [1.165, 1.54) is 0 Å². The van der Waals surface area contributed by atoms with Crippen molar-refractivity contribution in [3.63, 3.8) is 0 Å². The smallest absolute Gasteiger partial charge is 0.260 e. The van der Waals surface area contributed by atoms with Crippen molar-refractivity contribution in [3.8, 4) is 5.75 Å². The Hall–Kier alpha value is -3.71. The summed E-state index contributed by atoms with van der Waals surface area (Å²) in [6, 6.07) is 23.4. The van der Waals surface area contributed by atoms with Crippen LogP contribution in [-0.4, -0.2) is 54.4 Å². The molecule has 7 heteroatoms. The van der Waals surface area contributed by atoms with Gasteiger partial charge in [-0.25, -0.2) is 0 Å². The molecule has 4 rings (SSSR count). The van der Waals surface area contributed by atoms with Gasteiger partial charge in [0.05, 0.1) is 24.6 Å². The number of amides is 1. The van der Waals surface area contributed by atoms with Gasteiger partial charge < -0.3 is 19.2 Å². The molecule has 0 unspecified atom stereocenters. The van der Waals surface area contributed by atoms with Crippen molar-refractivity contribution in [1.29, 1.82) is 0 Å². The summed E-state index contributed by atoms with van der Waals surface area (Å²) in [5, 5.41) is 4.41. The summed E-state index contributed by atoms with van der Waals surface area (Å²) in [7, 11) is 0. The quantitative estimate of drug-likeness (QED) is 0.372. The molecule has 0 radical (unpaired) electrons. The molecule has 170 valence electrons. The van der Waals surface area contributed by atoms with Gasteiger partial charge in [-0.1, -0.05) is 41.6 Å². The van der Waals surface area contributed by atoms with E-state index < -0.39 is 0 Å². The van der Waals surface area contributed by atoms with Crippen LogP contribution < -0.4 is 4.74 Å². The lowest BCUT2D eigenvalue weighted by Gasteiger charge is -2.26. The summed E-state index contributed by atoms with van der Waals surface area (Å²) in [4.78, 5) is 23.9. The van der Waals surface area contributed by atoms with Crippen molar-refractivity contribution in [2.75, 3.05) is 32.9 Å². The summed E-state index contributed by atoms with van der Waals surface area (Å²) < 4.78 is 11.0. The van der Waals surface area contributed by atoms with Gasteiger partial charge in [0.25, 0.3) is 5.91 Å². The molecule has 1 aromatic heterocycles. The zero-order valence-corrected chi connectivity index (χ0v) is 18.4. The zero-order valence-electron chi connectivity index (χ0n) is 18.4. The van der Waals surface area contributed by atoms with Crippen LogP contribution in [-0.2, 0) is 27.4 Å². The summed E-state index contributed by atoms with van der Waals surface area (Å²) in [6.45, 7) is 2.68. The standard InChI is InChI=1S/C26H27N3O4/c30-26(29-14-16-31-17-15-29)20-32-24-11-9-22(10-12-24)25(18-21-6-2-1-3-7-21)28-33-19-23-8-4-5-13-27-23/h1-13H,14-20H2. The highest BCUT2D eigenvalue weighted by Crippen LogP contribution is 2.16. The summed E-state index contributed by atoms with van der Waals surface area (Å²) >= 11 is 0. The summed E-state index contributed by atoms with van der Waals surface area (Å²) in [5.74, 6) is 0.602. The molecule has 33 heavy (non-hydrogen) atoms. The molecule has 1 aliphatic rings. The first kappa shape index (κ1) is 22.5. The summed E-state index contributed by atoms with van der Waals surface area (Å²) in [6.07, 6.45) is 2.36. The van der Waals surface area contributed by atoms with Gasteiger partial charge in [0.1, 0.15) is 5.75 Å². The number of aromatic nitrogens is 1. The Labute approximate surface area is 193 Å². The number of ether oxygens (including phenoxy) is 2. The van der Waals surface area contributed by atoms with Crippen molar-refractivity contribution in [2.45, 2.75) is 13.0 Å². The number of hydrogen-bond donors (Lipinski definition) is 0. The minimum absolute atomic E-state index is 0.0114. The van der Waals surface area contributed by atoms with E-state index in [4.69, 9.17) is 14.3 Å². The third-order valence-corrected chi connectivity index (χ3v) is 5.24. The Kier molecular flexibility index (Phi) is 8.03. The van der Waals surface area contributed by atoms with Crippen LogP contribution in [0.3, 0.4) is 0 Å². The predicted molar refractivity (Wildman–Crippen MR) is 125 cm³/mol. The van der Waals surface area contributed by atoms with E-state index in [1.807, 2.05) is 60.7 Å². The van der Waals surface area contributed by atoms with Crippen LogP contribution in [0.4, 0.5) is 0 Å². The maximum absolute atomic E-state index is 12.3. The maximum Gasteiger partial charge on any atom is 0.260 e. The van der Waals surface area contributed by atoms with E-state index in [1.54, 1.807) is 11.1 Å². The lowest BCUT2D eigenvalue weighted by molar-refractivity contribution is -0.137. The van der Waals surface area contributed by atoms with Crippen LogP contribution in [0, 0.1) is 0 Å². The van der Waals surface area contributed by atoms with Crippen molar-refractivity contribution >= 4 is 11.6 Å². The number of carbonyl (C=O) groups excluding carboxylic acids is 1. The largest absolute Gasteiger partial charge is 0.484 e. The number of benzene rings is 2. The number of nitrogens with zero attached hydrogens (tertiary/aromatic N) is 3. The van der Waals surface area contributed by atoms with Crippen LogP contribution in [0.2, 0.25) is 0 Å². The molecule has 3 aromatic rings. The Morgan fingerprint density at radius 2 is 1.73 bits per heavy atom. The number of oxime groups is 1. The molecule has 0 spiro atoms. The highest BCUT2D eigenvalue weighted by molar-refractivity contribution is 6.01. The second-order valence-corrected chi connectivity index (χ2v) is 7.60. The molecule has 0 N–H and O–H groups in total. The van der Waals surface area contributed by atoms with Gasteiger partial charge in [0.15, 0.2) is 13.2 Å². The first-order valence-electron chi connectivity index (χ1n) is 11.0. The second-order valence-electron chi connectivity index (χ2n) is 7.60. The molecule has 1 fully saturated rings. The molecule has 1 saturated heterocycles. The van der Waals surface area contributed by atoms with Crippen LogP contribution in [0.5, 0.6) is 5.75 Å². The lowest BCUT2D eigenvalue weighted by atomic mass is 10.0. The first-order valence-corrected chi connectivity index (χ1v) is 11.0. The predicted octanol–water partition coefficient (Wildman–Crippen LogP) is 3.48. The van der Waals surface area contributed by atoms with Gasteiger partial charge in [-0.15, -0.1) is 0 Å². The van der Waals surface area contributed by atoms with E-state index >= 15 is 0 Å². The molecule has 0 saturated carbocycles. The number of carbonyl (C=O) groups is 1.